The summed E-state index contributed by atoms with van der Waals surface area (Å²) < 4.78 is 0. The number of carbonyl (C=O) groups excluding carboxylic acids is 1. The third-order valence-electron chi connectivity index (χ3n) is 3.37. The summed E-state index contributed by atoms with van der Waals surface area (Å²) in [6, 6.07) is 2.05. The van der Waals surface area contributed by atoms with Crippen molar-refractivity contribution in [3.05, 3.63) is 17.0 Å². The first-order chi connectivity index (χ1) is 8.99. The molecule has 104 valence electrons. The number of hydrogen-bond acceptors (Lipinski definition) is 3. The molecule has 0 fully saturated rings. The molecule has 0 bridgehead atoms. The zero-order valence-electron chi connectivity index (χ0n) is 12.1. The lowest BCUT2D eigenvalue weighted by Gasteiger charge is -2.16. The molecule has 0 aliphatic heterocycles. The second-order valence-electron chi connectivity index (χ2n) is 4.99. The van der Waals surface area contributed by atoms with E-state index in [0.29, 0.717) is 12.8 Å². The van der Waals surface area contributed by atoms with Crippen LogP contribution in [0.3, 0.4) is 0 Å². The number of hydrogen-bond donors (Lipinski definition) is 2. The molecule has 1 aromatic rings. The van der Waals surface area contributed by atoms with E-state index in [2.05, 4.69) is 21.6 Å². The van der Waals surface area contributed by atoms with Crippen molar-refractivity contribution in [3.63, 3.8) is 0 Å². The van der Waals surface area contributed by atoms with Gasteiger partial charge in [-0.05, 0) is 31.7 Å². The number of amides is 1. The van der Waals surface area contributed by atoms with Crippen LogP contribution in [-0.4, -0.2) is 22.1 Å². The van der Waals surface area contributed by atoms with Gasteiger partial charge in [0, 0.05) is 18.2 Å². The van der Waals surface area contributed by atoms with Gasteiger partial charge in [-0.2, -0.15) is 10.4 Å². The van der Waals surface area contributed by atoms with Crippen molar-refractivity contribution in [3.8, 4) is 6.07 Å². The summed E-state index contributed by atoms with van der Waals surface area (Å²) in [6.07, 6.45) is 1.56. The Hall–Kier alpha value is -1.83. The molecule has 0 aliphatic carbocycles. The van der Waals surface area contributed by atoms with Crippen LogP contribution in [0, 0.1) is 25.2 Å². The Morgan fingerprint density at radius 2 is 2.21 bits per heavy atom. The predicted molar refractivity (Wildman–Crippen MR) is 73.5 cm³/mol. The van der Waals surface area contributed by atoms with Crippen molar-refractivity contribution in [2.45, 2.75) is 58.9 Å². The molecule has 19 heavy (non-hydrogen) atoms. The molecular weight excluding hydrogens is 240 g/mol. The van der Waals surface area contributed by atoms with E-state index in [1.807, 2.05) is 27.7 Å². The highest BCUT2D eigenvalue weighted by atomic mass is 16.1. The minimum absolute atomic E-state index is 0.00500. The van der Waals surface area contributed by atoms with Gasteiger partial charge in [0.2, 0.25) is 5.91 Å². The topological polar surface area (TPSA) is 81.6 Å². The summed E-state index contributed by atoms with van der Waals surface area (Å²) in [5.74, 6) is 0.118. The molecule has 1 amide bonds. The third-order valence-corrected chi connectivity index (χ3v) is 3.37. The molecule has 0 unspecified atom stereocenters. The number of nitrogens with one attached hydrogen (secondary N) is 2. The van der Waals surface area contributed by atoms with E-state index in [-0.39, 0.29) is 17.9 Å². The number of nitriles is 1. The minimum Gasteiger partial charge on any atom is -0.352 e. The number of aromatic nitrogens is 2. The van der Waals surface area contributed by atoms with E-state index in [9.17, 15) is 4.79 Å². The van der Waals surface area contributed by atoms with Crippen molar-refractivity contribution in [1.82, 2.24) is 15.5 Å². The molecule has 5 heteroatoms. The Labute approximate surface area is 114 Å². The molecule has 0 aliphatic rings. The van der Waals surface area contributed by atoms with Gasteiger partial charge in [-0.25, -0.2) is 0 Å². The first-order valence-corrected chi connectivity index (χ1v) is 6.67. The summed E-state index contributed by atoms with van der Waals surface area (Å²) in [5, 5.41) is 18.7. The van der Waals surface area contributed by atoms with Gasteiger partial charge in [-0.1, -0.05) is 13.8 Å². The SMILES string of the molecule is CC[C@@H](CC#N)NC(=O)C[C@H](C)c1c(C)n[nH]c1C. The van der Waals surface area contributed by atoms with Gasteiger partial charge in [-0.3, -0.25) is 9.89 Å². The van der Waals surface area contributed by atoms with Crippen LogP contribution in [0.15, 0.2) is 0 Å². The smallest absolute Gasteiger partial charge is 0.220 e. The van der Waals surface area contributed by atoms with Gasteiger partial charge in [0.05, 0.1) is 18.2 Å². The number of aryl methyl sites for hydroxylation is 2. The van der Waals surface area contributed by atoms with Crippen molar-refractivity contribution >= 4 is 5.91 Å². The third kappa shape index (κ3) is 4.09. The van der Waals surface area contributed by atoms with Crippen LogP contribution in [0.2, 0.25) is 0 Å². The predicted octanol–water partition coefficient (Wildman–Crippen LogP) is 2.33. The molecule has 2 atom stereocenters. The summed E-state index contributed by atoms with van der Waals surface area (Å²) >= 11 is 0. The Balaban J connectivity index is 2.60. The van der Waals surface area contributed by atoms with E-state index >= 15 is 0 Å². The van der Waals surface area contributed by atoms with Crippen molar-refractivity contribution in [2.75, 3.05) is 0 Å². The van der Waals surface area contributed by atoms with Crippen LogP contribution in [0.25, 0.3) is 0 Å². The number of nitrogens with zero attached hydrogens (tertiary/aromatic N) is 2. The van der Waals surface area contributed by atoms with Gasteiger partial charge < -0.3 is 5.32 Å². The molecule has 2 N–H and O–H groups in total. The number of aromatic amines is 1. The molecule has 1 rings (SSSR count). The Morgan fingerprint density at radius 3 is 2.68 bits per heavy atom. The maximum absolute atomic E-state index is 12.0. The van der Waals surface area contributed by atoms with Crippen LogP contribution in [0.5, 0.6) is 0 Å². The lowest BCUT2D eigenvalue weighted by molar-refractivity contribution is -0.122. The molecule has 5 nitrogen and oxygen atoms in total. The van der Waals surface area contributed by atoms with Crippen LogP contribution in [0.1, 0.15) is 56.0 Å². The summed E-state index contributed by atoms with van der Waals surface area (Å²) in [4.78, 5) is 12.0. The first-order valence-electron chi connectivity index (χ1n) is 6.67. The molecule has 1 aromatic heterocycles. The fraction of sp³-hybridized carbons (Fsp3) is 0.643. The van der Waals surface area contributed by atoms with E-state index in [1.165, 1.54) is 0 Å². The summed E-state index contributed by atoms with van der Waals surface area (Å²) in [6.45, 7) is 7.90. The Kier molecular flexibility index (Phi) is 5.56. The van der Waals surface area contributed by atoms with Crippen molar-refractivity contribution in [2.24, 2.45) is 0 Å². The highest BCUT2D eigenvalue weighted by molar-refractivity contribution is 5.77. The standard InChI is InChI=1S/C14H22N4O/c1-5-12(6-7-15)16-13(19)8-9(2)14-10(3)17-18-11(14)4/h9,12H,5-6,8H2,1-4H3,(H,16,19)(H,17,18)/t9-,12-/m0/s1. The summed E-state index contributed by atoms with van der Waals surface area (Å²) in [5.41, 5.74) is 3.08. The highest BCUT2D eigenvalue weighted by Crippen LogP contribution is 2.24. The molecule has 0 saturated heterocycles. The van der Waals surface area contributed by atoms with Gasteiger partial charge in [-0.15, -0.1) is 0 Å². The fourth-order valence-electron chi connectivity index (χ4n) is 2.36. The average Bonchev–Trinajstić information content (AvgIpc) is 2.68. The zero-order valence-corrected chi connectivity index (χ0v) is 12.1. The second-order valence-corrected chi connectivity index (χ2v) is 4.99. The number of H-pyrrole nitrogens is 1. The highest BCUT2D eigenvalue weighted by Gasteiger charge is 2.19. The molecule has 0 aromatic carbocycles. The molecule has 0 radical (unpaired) electrons. The molecular formula is C14H22N4O. The maximum atomic E-state index is 12.0. The first kappa shape index (κ1) is 15.2. The van der Waals surface area contributed by atoms with Gasteiger partial charge in [0.25, 0.3) is 0 Å². The molecule has 0 saturated carbocycles. The number of rotatable bonds is 6. The van der Waals surface area contributed by atoms with Crippen LogP contribution >= 0.6 is 0 Å². The quantitative estimate of drug-likeness (QED) is 0.825. The van der Waals surface area contributed by atoms with Crippen LogP contribution in [-0.2, 0) is 4.79 Å². The van der Waals surface area contributed by atoms with Crippen LogP contribution < -0.4 is 5.32 Å². The van der Waals surface area contributed by atoms with E-state index < -0.39 is 0 Å². The lowest BCUT2D eigenvalue weighted by Crippen LogP contribution is -2.34. The normalized spacial score (nSPS) is 13.6. The van der Waals surface area contributed by atoms with E-state index in [4.69, 9.17) is 5.26 Å². The molecule has 0 spiro atoms. The van der Waals surface area contributed by atoms with Gasteiger partial charge in [0.15, 0.2) is 0 Å². The lowest BCUT2D eigenvalue weighted by atomic mass is 9.95. The summed E-state index contributed by atoms with van der Waals surface area (Å²) in [7, 11) is 0. The van der Waals surface area contributed by atoms with Crippen LogP contribution in [0.4, 0.5) is 0 Å². The maximum Gasteiger partial charge on any atom is 0.220 e. The average molecular weight is 262 g/mol. The molecule has 1 heterocycles. The minimum atomic E-state index is -0.0451. The Morgan fingerprint density at radius 1 is 1.53 bits per heavy atom. The monoisotopic (exact) mass is 262 g/mol. The van der Waals surface area contributed by atoms with E-state index in [0.717, 1.165) is 23.4 Å². The van der Waals surface area contributed by atoms with Crippen molar-refractivity contribution in [1.29, 1.82) is 5.26 Å². The van der Waals surface area contributed by atoms with Gasteiger partial charge >= 0.3 is 0 Å². The fourth-order valence-corrected chi connectivity index (χ4v) is 2.36. The van der Waals surface area contributed by atoms with Crippen molar-refractivity contribution < 1.29 is 4.79 Å². The van der Waals surface area contributed by atoms with Gasteiger partial charge in [0.1, 0.15) is 0 Å². The van der Waals surface area contributed by atoms with E-state index in [1.54, 1.807) is 0 Å². The number of carbonyl (C=O) groups is 1. The Bertz CT molecular complexity index is 453. The largest absolute Gasteiger partial charge is 0.352 e. The second kappa shape index (κ2) is 6.93. The zero-order chi connectivity index (χ0) is 14.4.